The van der Waals surface area contributed by atoms with Crippen molar-refractivity contribution in [2.45, 2.75) is 45.6 Å². The van der Waals surface area contributed by atoms with E-state index in [-0.39, 0.29) is 23.8 Å². The van der Waals surface area contributed by atoms with Gasteiger partial charge >= 0.3 is 0 Å². The smallest absolute Gasteiger partial charge is 0.254 e. The molecule has 182 valence electrons. The number of nitrogens with zero attached hydrogens (tertiary/aromatic N) is 2. The molecule has 0 bridgehead atoms. The van der Waals surface area contributed by atoms with Crippen molar-refractivity contribution >= 4 is 22.6 Å². The predicted molar refractivity (Wildman–Crippen MR) is 139 cm³/mol. The van der Waals surface area contributed by atoms with E-state index in [4.69, 9.17) is 4.74 Å². The van der Waals surface area contributed by atoms with Crippen LogP contribution in [0.4, 0.5) is 0 Å². The van der Waals surface area contributed by atoms with Gasteiger partial charge in [0.15, 0.2) is 0 Å². The Hall–Kier alpha value is -3.34. The van der Waals surface area contributed by atoms with E-state index in [1.165, 1.54) is 0 Å². The number of piperidine rings is 2. The van der Waals surface area contributed by atoms with Crippen LogP contribution in [0, 0.1) is 19.8 Å². The van der Waals surface area contributed by atoms with Gasteiger partial charge in [0.1, 0.15) is 11.9 Å². The van der Waals surface area contributed by atoms with Crippen molar-refractivity contribution in [2.24, 2.45) is 5.92 Å². The van der Waals surface area contributed by atoms with E-state index in [9.17, 15) is 9.59 Å². The number of carbonyl (C=O) groups excluding carboxylic acids is 2. The molecule has 2 aliphatic heterocycles. The summed E-state index contributed by atoms with van der Waals surface area (Å²) in [5.74, 6) is 1.30. The average Bonchev–Trinajstić information content (AvgIpc) is 2.90. The fraction of sp³-hybridized carbons (Fsp3) is 0.400. The van der Waals surface area contributed by atoms with Crippen LogP contribution in [0.25, 0.3) is 10.8 Å². The summed E-state index contributed by atoms with van der Waals surface area (Å²) in [5, 5.41) is 2.07. The second-order valence-corrected chi connectivity index (χ2v) is 9.96. The molecule has 2 aliphatic rings. The number of para-hydroxylation sites is 1. The number of ether oxygens (including phenoxy) is 1. The Labute approximate surface area is 207 Å². The molecular formula is C30H34N2O3. The van der Waals surface area contributed by atoms with Gasteiger partial charge in [0, 0.05) is 50.5 Å². The molecule has 0 atom stereocenters. The SMILES string of the molecule is Cc1cccc(C)c1OC1CCN(C(=O)C2CCN(C(=O)c3cccc4ccccc34)CC2)CC1. The van der Waals surface area contributed by atoms with Crippen LogP contribution in [-0.2, 0) is 4.79 Å². The number of rotatable bonds is 4. The van der Waals surface area contributed by atoms with E-state index >= 15 is 0 Å². The minimum absolute atomic E-state index is 0.00245. The highest BCUT2D eigenvalue weighted by Crippen LogP contribution is 2.28. The zero-order valence-corrected chi connectivity index (χ0v) is 20.7. The van der Waals surface area contributed by atoms with E-state index in [2.05, 4.69) is 32.0 Å². The first kappa shape index (κ1) is 23.4. The van der Waals surface area contributed by atoms with Crippen molar-refractivity contribution in [3.05, 3.63) is 77.4 Å². The number of fused-ring (bicyclic) bond motifs is 1. The lowest BCUT2D eigenvalue weighted by Crippen LogP contribution is -2.47. The van der Waals surface area contributed by atoms with Gasteiger partial charge in [-0.15, -0.1) is 0 Å². The van der Waals surface area contributed by atoms with Crippen LogP contribution >= 0.6 is 0 Å². The lowest BCUT2D eigenvalue weighted by molar-refractivity contribution is -0.138. The van der Waals surface area contributed by atoms with Crippen molar-refractivity contribution in [1.82, 2.24) is 9.80 Å². The van der Waals surface area contributed by atoms with Crippen molar-refractivity contribution in [3.8, 4) is 5.75 Å². The van der Waals surface area contributed by atoms with Gasteiger partial charge in [-0.05, 0) is 54.7 Å². The van der Waals surface area contributed by atoms with Gasteiger partial charge in [-0.3, -0.25) is 9.59 Å². The summed E-state index contributed by atoms with van der Waals surface area (Å²) < 4.78 is 6.32. The Morgan fingerprint density at radius 1 is 0.743 bits per heavy atom. The first-order valence-corrected chi connectivity index (χ1v) is 12.8. The summed E-state index contributed by atoms with van der Waals surface area (Å²) in [6.07, 6.45) is 3.33. The highest BCUT2D eigenvalue weighted by Gasteiger charge is 2.33. The number of aryl methyl sites for hydroxylation is 2. The van der Waals surface area contributed by atoms with Crippen molar-refractivity contribution in [1.29, 1.82) is 0 Å². The predicted octanol–water partition coefficient (Wildman–Crippen LogP) is 5.38. The molecule has 0 spiro atoms. The molecule has 0 N–H and O–H groups in total. The Morgan fingerprint density at radius 3 is 2.06 bits per heavy atom. The zero-order chi connectivity index (χ0) is 24.4. The van der Waals surface area contributed by atoms with Gasteiger partial charge in [-0.2, -0.15) is 0 Å². The number of benzene rings is 3. The Kier molecular flexibility index (Phi) is 6.76. The highest BCUT2D eigenvalue weighted by atomic mass is 16.5. The molecule has 2 saturated heterocycles. The van der Waals surface area contributed by atoms with Crippen LogP contribution in [0.5, 0.6) is 5.75 Å². The van der Waals surface area contributed by atoms with E-state index in [0.29, 0.717) is 13.1 Å². The summed E-state index contributed by atoms with van der Waals surface area (Å²) in [6.45, 7) is 6.90. The third kappa shape index (κ3) is 4.90. The molecule has 5 nitrogen and oxygen atoms in total. The molecule has 2 heterocycles. The van der Waals surface area contributed by atoms with Gasteiger partial charge in [0.05, 0.1) is 0 Å². The molecule has 0 radical (unpaired) electrons. The molecule has 3 aromatic carbocycles. The normalized spacial score (nSPS) is 17.5. The Bertz CT molecular complexity index is 1200. The van der Waals surface area contributed by atoms with Crippen LogP contribution in [0.15, 0.2) is 60.7 Å². The van der Waals surface area contributed by atoms with E-state index < -0.39 is 0 Å². The molecule has 35 heavy (non-hydrogen) atoms. The molecule has 0 saturated carbocycles. The summed E-state index contributed by atoms with van der Waals surface area (Å²) >= 11 is 0. The summed E-state index contributed by atoms with van der Waals surface area (Å²) in [4.78, 5) is 30.4. The van der Waals surface area contributed by atoms with Crippen LogP contribution in [0.2, 0.25) is 0 Å². The van der Waals surface area contributed by atoms with E-state index in [1.807, 2.05) is 52.3 Å². The number of hydrogen-bond donors (Lipinski definition) is 0. The first-order valence-electron chi connectivity index (χ1n) is 12.8. The van der Waals surface area contributed by atoms with Gasteiger partial charge in [0.25, 0.3) is 5.91 Å². The van der Waals surface area contributed by atoms with Crippen molar-refractivity contribution in [3.63, 3.8) is 0 Å². The fourth-order valence-corrected chi connectivity index (χ4v) is 5.52. The topological polar surface area (TPSA) is 49.9 Å². The van der Waals surface area contributed by atoms with Gasteiger partial charge in [-0.25, -0.2) is 0 Å². The highest BCUT2D eigenvalue weighted by molar-refractivity contribution is 6.07. The maximum Gasteiger partial charge on any atom is 0.254 e. The second-order valence-electron chi connectivity index (χ2n) is 9.96. The lowest BCUT2D eigenvalue weighted by atomic mass is 9.93. The number of likely N-dealkylation sites (tertiary alicyclic amines) is 2. The van der Waals surface area contributed by atoms with E-state index in [0.717, 1.165) is 72.0 Å². The quantitative estimate of drug-likeness (QED) is 0.515. The number of amides is 2. The maximum atomic E-state index is 13.2. The minimum atomic E-state index is 0.00245. The molecular weight excluding hydrogens is 436 g/mol. The second kappa shape index (κ2) is 10.1. The third-order valence-electron chi connectivity index (χ3n) is 7.60. The summed E-state index contributed by atoms with van der Waals surface area (Å²) in [6, 6.07) is 20.1. The summed E-state index contributed by atoms with van der Waals surface area (Å²) in [5.41, 5.74) is 3.07. The average molecular weight is 471 g/mol. The van der Waals surface area contributed by atoms with Crippen LogP contribution in [0.1, 0.15) is 47.2 Å². The van der Waals surface area contributed by atoms with Gasteiger partial charge in [-0.1, -0.05) is 54.6 Å². The number of hydrogen-bond acceptors (Lipinski definition) is 3. The Balaban J connectivity index is 1.14. The standard InChI is InChI=1S/C30H34N2O3/c1-21-7-5-8-22(2)28(21)35-25-15-19-31(20-16-25)29(33)24-13-17-32(18-14-24)30(34)27-12-6-10-23-9-3-4-11-26(23)27/h3-12,24-25H,13-20H2,1-2H3. The third-order valence-corrected chi connectivity index (χ3v) is 7.60. The fourth-order valence-electron chi connectivity index (χ4n) is 5.52. The van der Waals surface area contributed by atoms with Gasteiger partial charge < -0.3 is 14.5 Å². The molecule has 0 unspecified atom stereocenters. The molecule has 2 fully saturated rings. The Morgan fingerprint density at radius 2 is 1.34 bits per heavy atom. The lowest BCUT2D eigenvalue weighted by Gasteiger charge is -2.37. The van der Waals surface area contributed by atoms with Crippen LogP contribution in [-0.4, -0.2) is 53.9 Å². The zero-order valence-electron chi connectivity index (χ0n) is 20.7. The van der Waals surface area contributed by atoms with Crippen LogP contribution < -0.4 is 4.74 Å². The number of carbonyl (C=O) groups is 2. The van der Waals surface area contributed by atoms with Gasteiger partial charge in [0.2, 0.25) is 5.91 Å². The molecule has 2 amide bonds. The maximum absolute atomic E-state index is 13.2. The molecule has 5 heteroatoms. The van der Waals surface area contributed by atoms with E-state index in [1.54, 1.807) is 0 Å². The molecule has 0 aliphatic carbocycles. The van der Waals surface area contributed by atoms with Crippen molar-refractivity contribution in [2.75, 3.05) is 26.2 Å². The van der Waals surface area contributed by atoms with Crippen molar-refractivity contribution < 1.29 is 14.3 Å². The monoisotopic (exact) mass is 470 g/mol. The molecule has 0 aromatic heterocycles. The summed E-state index contributed by atoms with van der Waals surface area (Å²) in [7, 11) is 0. The molecule has 5 rings (SSSR count). The van der Waals surface area contributed by atoms with Crippen LogP contribution in [0.3, 0.4) is 0 Å². The first-order chi connectivity index (χ1) is 17.0. The molecule has 3 aromatic rings. The largest absolute Gasteiger partial charge is 0.490 e. The minimum Gasteiger partial charge on any atom is -0.490 e.